The predicted octanol–water partition coefficient (Wildman–Crippen LogP) is 1.80. The van der Waals surface area contributed by atoms with Crippen molar-refractivity contribution in [2.75, 3.05) is 0 Å². The van der Waals surface area contributed by atoms with E-state index < -0.39 is 15.0 Å². The third-order valence-electron chi connectivity index (χ3n) is 2.94. The van der Waals surface area contributed by atoms with Gasteiger partial charge in [-0.2, -0.15) is 0 Å². The number of carboxylic acids is 1. The monoisotopic (exact) mass is 274 g/mol. The molecule has 0 aromatic heterocycles. The summed E-state index contributed by atoms with van der Waals surface area (Å²) in [5.41, 5.74) is 1.90. The number of aliphatic carboxylic acids is 1. The van der Waals surface area contributed by atoms with Crippen molar-refractivity contribution in [3.8, 4) is 0 Å². The molecule has 0 fully saturated rings. The number of halogens is 1. The number of benzene rings is 1. The fraction of sp³-hybridized carbons (Fsp3) is 0.364. The van der Waals surface area contributed by atoms with E-state index in [0.717, 1.165) is 11.1 Å². The van der Waals surface area contributed by atoms with Gasteiger partial charge in [-0.3, -0.25) is 4.79 Å². The highest BCUT2D eigenvalue weighted by Gasteiger charge is 2.25. The molecule has 2 rings (SSSR count). The van der Waals surface area contributed by atoms with E-state index in [4.69, 9.17) is 15.8 Å². The number of hydrogen-bond acceptors (Lipinski definition) is 3. The Bertz CT molecular complexity index is 565. The first-order chi connectivity index (χ1) is 7.86. The Morgan fingerprint density at radius 2 is 2.00 bits per heavy atom. The lowest BCUT2D eigenvalue weighted by Gasteiger charge is -2.02. The fourth-order valence-corrected chi connectivity index (χ4v) is 3.03. The van der Waals surface area contributed by atoms with E-state index in [1.165, 1.54) is 6.07 Å². The molecular formula is C11H11ClO4S. The molecule has 4 nitrogen and oxygen atoms in total. The van der Waals surface area contributed by atoms with Crippen molar-refractivity contribution in [2.45, 2.75) is 24.2 Å². The molecule has 0 amide bonds. The molecule has 1 aliphatic carbocycles. The van der Waals surface area contributed by atoms with Crippen molar-refractivity contribution >= 4 is 25.7 Å². The summed E-state index contributed by atoms with van der Waals surface area (Å²) in [6.07, 6.45) is 1.39. The Balaban J connectivity index is 2.25. The minimum Gasteiger partial charge on any atom is -0.481 e. The SMILES string of the molecule is O=C(O)CC1Cc2ccc(S(=O)(=O)Cl)cc2C1. The summed E-state index contributed by atoms with van der Waals surface area (Å²) in [5.74, 6) is -0.774. The zero-order chi connectivity index (χ0) is 12.6. The smallest absolute Gasteiger partial charge is 0.303 e. The van der Waals surface area contributed by atoms with E-state index in [2.05, 4.69) is 0 Å². The number of rotatable bonds is 3. The van der Waals surface area contributed by atoms with Crippen molar-refractivity contribution in [1.29, 1.82) is 0 Å². The average molecular weight is 275 g/mol. The normalized spacial score (nSPS) is 19.0. The molecule has 0 bridgehead atoms. The molecule has 0 aliphatic heterocycles. The Hall–Kier alpha value is -1.07. The zero-order valence-corrected chi connectivity index (χ0v) is 10.5. The van der Waals surface area contributed by atoms with Crippen molar-refractivity contribution < 1.29 is 18.3 Å². The first kappa shape index (κ1) is 12.4. The molecule has 1 N–H and O–H groups in total. The van der Waals surface area contributed by atoms with Crippen LogP contribution in [0, 0.1) is 5.92 Å². The third kappa shape index (κ3) is 2.79. The molecule has 0 saturated heterocycles. The number of fused-ring (bicyclic) bond motifs is 1. The van der Waals surface area contributed by atoms with Gasteiger partial charge in [0.25, 0.3) is 9.05 Å². The van der Waals surface area contributed by atoms with Crippen molar-refractivity contribution in [1.82, 2.24) is 0 Å². The van der Waals surface area contributed by atoms with Gasteiger partial charge in [-0.25, -0.2) is 8.42 Å². The molecule has 0 heterocycles. The highest BCUT2D eigenvalue weighted by molar-refractivity contribution is 8.13. The fourth-order valence-electron chi connectivity index (χ4n) is 2.23. The average Bonchev–Trinajstić information content (AvgIpc) is 2.55. The highest BCUT2D eigenvalue weighted by Crippen LogP contribution is 2.31. The van der Waals surface area contributed by atoms with Gasteiger partial charge in [0, 0.05) is 17.1 Å². The van der Waals surface area contributed by atoms with Gasteiger partial charge in [0.1, 0.15) is 0 Å². The van der Waals surface area contributed by atoms with Crippen LogP contribution >= 0.6 is 10.7 Å². The lowest BCUT2D eigenvalue weighted by atomic mass is 10.0. The molecular weight excluding hydrogens is 264 g/mol. The van der Waals surface area contributed by atoms with Crippen LogP contribution in [0.15, 0.2) is 23.1 Å². The molecule has 17 heavy (non-hydrogen) atoms. The molecule has 1 aromatic carbocycles. The van der Waals surface area contributed by atoms with Crippen LogP contribution in [0.5, 0.6) is 0 Å². The van der Waals surface area contributed by atoms with E-state index in [9.17, 15) is 13.2 Å². The Kier molecular flexibility index (Phi) is 3.14. The molecule has 1 atom stereocenters. The van der Waals surface area contributed by atoms with Gasteiger partial charge in [0.05, 0.1) is 4.90 Å². The molecule has 6 heteroatoms. The summed E-state index contributed by atoms with van der Waals surface area (Å²) in [4.78, 5) is 10.7. The van der Waals surface area contributed by atoms with Gasteiger partial charge in [0.15, 0.2) is 0 Å². The Morgan fingerprint density at radius 3 is 2.59 bits per heavy atom. The molecule has 0 radical (unpaired) electrons. The molecule has 1 aromatic rings. The number of carboxylic acid groups (broad SMARTS) is 1. The van der Waals surface area contributed by atoms with Crippen LogP contribution in [-0.2, 0) is 26.7 Å². The van der Waals surface area contributed by atoms with Gasteiger partial charge in [-0.15, -0.1) is 0 Å². The van der Waals surface area contributed by atoms with Crippen LogP contribution in [0.25, 0.3) is 0 Å². The maximum absolute atomic E-state index is 11.2. The van der Waals surface area contributed by atoms with Crippen LogP contribution in [-0.4, -0.2) is 19.5 Å². The van der Waals surface area contributed by atoms with Crippen LogP contribution in [0.3, 0.4) is 0 Å². The van der Waals surface area contributed by atoms with Gasteiger partial charge < -0.3 is 5.11 Å². The maximum atomic E-state index is 11.2. The predicted molar refractivity (Wildman–Crippen MR) is 62.6 cm³/mol. The largest absolute Gasteiger partial charge is 0.481 e. The summed E-state index contributed by atoms with van der Waals surface area (Å²) in [5, 5.41) is 8.72. The summed E-state index contributed by atoms with van der Waals surface area (Å²) in [6.45, 7) is 0. The van der Waals surface area contributed by atoms with Crippen molar-refractivity contribution in [3.63, 3.8) is 0 Å². The van der Waals surface area contributed by atoms with E-state index >= 15 is 0 Å². The van der Waals surface area contributed by atoms with Gasteiger partial charge in [-0.1, -0.05) is 6.07 Å². The molecule has 0 saturated carbocycles. The van der Waals surface area contributed by atoms with Crippen LogP contribution in [0.2, 0.25) is 0 Å². The number of hydrogen-bond donors (Lipinski definition) is 1. The quantitative estimate of drug-likeness (QED) is 0.853. The van der Waals surface area contributed by atoms with Crippen LogP contribution < -0.4 is 0 Å². The van der Waals surface area contributed by atoms with E-state index in [0.29, 0.717) is 12.8 Å². The summed E-state index contributed by atoms with van der Waals surface area (Å²) < 4.78 is 22.3. The van der Waals surface area contributed by atoms with Crippen molar-refractivity contribution in [2.24, 2.45) is 5.92 Å². The minimum absolute atomic E-state index is 0.0516. The topological polar surface area (TPSA) is 71.4 Å². The first-order valence-electron chi connectivity index (χ1n) is 5.14. The van der Waals surface area contributed by atoms with Gasteiger partial charge in [0.2, 0.25) is 0 Å². The Morgan fingerprint density at radius 1 is 1.35 bits per heavy atom. The summed E-state index contributed by atoms with van der Waals surface area (Å²) >= 11 is 0. The lowest BCUT2D eigenvalue weighted by Crippen LogP contribution is -2.07. The molecule has 1 aliphatic rings. The third-order valence-corrected chi connectivity index (χ3v) is 4.29. The first-order valence-corrected chi connectivity index (χ1v) is 7.45. The number of carbonyl (C=O) groups is 1. The Labute approximate surface area is 104 Å². The second-order valence-electron chi connectivity index (χ2n) is 4.24. The summed E-state index contributed by atoms with van der Waals surface area (Å²) in [6, 6.07) is 4.72. The van der Waals surface area contributed by atoms with E-state index in [1.54, 1.807) is 12.1 Å². The zero-order valence-electron chi connectivity index (χ0n) is 8.89. The second-order valence-corrected chi connectivity index (χ2v) is 6.81. The van der Waals surface area contributed by atoms with E-state index in [-0.39, 0.29) is 17.2 Å². The van der Waals surface area contributed by atoms with Crippen LogP contribution in [0.4, 0.5) is 0 Å². The highest BCUT2D eigenvalue weighted by atomic mass is 35.7. The molecule has 92 valence electrons. The van der Waals surface area contributed by atoms with Crippen LogP contribution in [0.1, 0.15) is 17.5 Å². The maximum Gasteiger partial charge on any atom is 0.303 e. The van der Waals surface area contributed by atoms with E-state index in [1.807, 2.05) is 0 Å². The lowest BCUT2D eigenvalue weighted by molar-refractivity contribution is -0.138. The molecule has 1 unspecified atom stereocenters. The summed E-state index contributed by atoms with van der Waals surface area (Å²) in [7, 11) is 1.55. The van der Waals surface area contributed by atoms with Crippen molar-refractivity contribution in [3.05, 3.63) is 29.3 Å². The minimum atomic E-state index is -3.71. The second kappa shape index (κ2) is 4.31. The van der Waals surface area contributed by atoms with Gasteiger partial charge in [-0.05, 0) is 42.0 Å². The standard InChI is InChI=1S/C11H11ClO4S/c12-17(15,16)10-2-1-8-3-7(5-11(13)14)4-9(8)6-10/h1-2,6-7H,3-5H2,(H,13,14). The van der Waals surface area contributed by atoms with Gasteiger partial charge >= 0.3 is 5.97 Å². The molecule has 0 spiro atoms.